The fraction of sp³-hybridized carbons (Fsp3) is 0.786. The van der Waals surface area contributed by atoms with Crippen LogP contribution in [0.25, 0.3) is 0 Å². The maximum absolute atomic E-state index is 12.7. The fourth-order valence-corrected chi connectivity index (χ4v) is 2.05. The Balaban J connectivity index is -0.000000567. The van der Waals surface area contributed by atoms with Crippen molar-refractivity contribution in [3.8, 4) is 0 Å². The van der Waals surface area contributed by atoms with Gasteiger partial charge in [-0.2, -0.15) is 30.7 Å². The van der Waals surface area contributed by atoms with Crippen LogP contribution in [0.1, 0.15) is 38.5 Å². The average Bonchev–Trinajstić information content (AvgIpc) is 2.48. The summed E-state index contributed by atoms with van der Waals surface area (Å²) in [5, 5.41) is 9.84. The first-order valence-corrected chi connectivity index (χ1v) is 7.62. The molecule has 1 aliphatic carbocycles. The number of carbonyl (C=O) groups excluding carboxylic acids is 3. The van der Waals surface area contributed by atoms with Gasteiger partial charge in [0.2, 0.25) is 5.78 Å². The van der Waals surface area contributed by atoms with E-state index in [-0.39, 0.29) is 38.6 Å². The first-order valence-electron chi connectivity index (χ1n) is 7.62. The second-order valence-electron chi connectivity index (χ2n) is 5.95. The SMILES string of the molecule is N[C@@H]1CCCC[C@H]1N.O.O=C([O-])CC(=O)CC(=O)C(F)(F)C(F)(F)C(F)(F)F.[Pt]. The van der Waals surface area contributed by atoms with Crippen molar-refractivity contribution in [3.63, 3.8) is 0 Å². The predicted molar refractivity (Wildman–Crippen MR) is 78.2 cm³/mol. The van der Waals surface area contributed by atoms with Crippen molar-refractivity contribution in [2.24, 2.45) is 11.5 Å². The molecular weight excluding hydrogens is 604 g/mol. The number of carbonyl (C=O) groups is 3. The maximum Gasteiger partial charge on any atom is 0.460 e. The molecule has 0 aliphatic heterocycles. The van der Waals surface area contributed by atoms with E-state index >= 15 is 0 Å². The van der Waals surface area contributed by atoms with Crippen LogP contribution >= 0.6 is 0 Å². The van der Waals surface area contributed by atoms with Crippen molar-refractivity contribution in [1.82, 2.24) is 0 Å². The van der Waals surface area contributed by atoms with E-state index in [2.05, 4.69) is 0 Å². The molecule has 0 aromatic heterocycles. The molecule has 0 aromatic rings. The largest absolute Gasteiger partial charge is 0.550 e. The Hall–Kier alpha value is -1.11. The number of rotatable bonds is 6. The van der Waals surface area contributed by atoms with Crippen molar-refractivity contribution < 1.29 is 76.8 Å². The maximum atomic E-state index is 12.7. The molecule has 0 spiro atoms. The zero-order valence-electron chi connectivity index (χ0n) is 14.6. The predicted octanol–water partition coefficient (Wildman–Crippen LogP) is -0.125. The first-order chi connectivity index (χ1) is 12.0. The molecule has 176 valence electrons. The standard InChI is InChI=1S/C8H5F7O4.C6H14N2.H2O.Pt/c9-6(10,7(11,12)8(13,14)15)4(17)1-3(16)2-5(18)19;7-5-3-1-2-4-6(5)8;;/h1-2H2,(H,18,19);5-6H,1-4,7-8H2;1H2;/p-1/t;5-,6-;;/m.1../s1. The number of carboxylic acids is 1. The molecule has 0 radical (unpaired) electrons. The molecule has 1 fully saturated rings. The number of aliphatic carboxylic acids is 1. The second kappa shape index (κ2) is 12.6. The molecule has 1 saturated carbocycles. The number of nitrogens with two attached hydrogens (primary N) is 2. The molecule has 1 rings (SSSR count). The molecule has 0 heterocycles. The molecule has 1 aliphatic rings. The molecule has 29 heavy (non-hydrogen) atoms. The zero-order chi connectivity index (χ0) is 21.6. The summed E-state index contributed by atoms with van der Waals surface area (Å²) in [6.07, 6.45) is -5.54. The molecular formula is C14H20F7N2O5Pt-. The zero-order valence-corrected chi connectivity index (χ0v) is 16.9. The van der Waals surface area contributed by atoms with Crippen LogP contribution in [0.4, 0.5) is 30.7 Å². The van der Waals surface area contributed by atoms with Gasteiger partial charge in [0.05, 0.1) is 6.42 Å². The fourth-order valence-electron chi connectivity index (χ4n) is 2.05. The molecule has 0 amide bonds. The number of Topliss-reactive ketones (excluding diaryl/α,β-unsaturated/α-hetero) is 2. The van der Waals surface area contributed by atoms with Crippen LogP contribution in [-0.2, 0) is 35.4 Å². The van der Waals surface area contributed by atoms with Gasteiger partial charge in [-0.3, -0.25) is 9.59 Å². The van der Waals surface area contributed by atoms with Gasteiger partial charge in [-0.05, 0) is 12.8 Å². The van der Waals surface area contributed by atoms with Crippen molar-refractivity contribution in [2.75, 3.05) is 0 Å². The summed E-state index contributed by atoms with van der Waals surface area (Å²) in [5.74, 6) is -19.7. The number of hydrogen-bond donors (Lipinski definition) is 2. The van der Waals surface area contributed by atoms with Gasteiger partial charge in [-0.15, -0.1) is 0 Å². The van der Waals surface area contributed by atoms with Crippen LogP contribution in [-0.4, -0.2) is 53.1 Å². The number of alkyl halides is 7. The van der Waals surface area contributed by atoms with Crippen LogP contribution in [0, 0.1) is 0 Å². The van der Waals surface area contributed by atoms with Crippen LogP contribution in [0.3, 0.4) is 0 Å². The Morgan fingerprint density at radius 2 is 1.24 bits per heavy atom. The molecule has 0 unspecified atom stereocenters. The number of carboxylic acid groups (broad SMARTS) is 1. The third-order valence-electron chi connectivity index (χ3n) is 3.67. The molecule has 0 aromatic carbocycles. The van der Waals surface area contributed by atoms with Crippen LogP contribution in [0.2, 0.25) is 0 Å². The van der Waals surface area contributed by atoms with Crippen LogP contribution < -0.4 is 16.6 Å². The number of halogens is 7. The quantitative estimate of drug-likeness (QED) is 0.310. The van der Waals surface area contributed by atoms with Gasteiger partial charge in [0.15, 0.2) is 0 Å². The minimum absolute atomic E-state index is 0. The summed E-state index contributed by atoms with van der Waals surface area (Å²) in [6.45, 7) is 0. The second-order valence-corrected chi connectivity index (χ2v) is 5.95. The summed E-state index contributed by atoms with van der Waals surface area (Å²) < 4.78 is 85.0. The minimum Gasteiger partial charge on any atom is -0.550 e. The molecule has 2 atom stereocenters. The third-order valence-corrected chi connectivity index (χ3v) is 3.67. The molecule has 15 heteroatoms. The monoisotopic (exact) mass is 624 g/mol. The average molecular weight is 624 g/mol. The van der Waals surface area contributed by atoms with Crippen molar-refractivity contribution >= 4 is 17.5 Å². The van der Waals surface area contributed by atoms with Gasteiger partial charge in [-0.1, -0.05) is 12.8 Å². The van der Waals surface area contributed by atoms with Crippen molar-refractivity contribution in [1.29, 1.82) is 0 Å². The first kappa shape index (κ1) is 32.6. The number of ketones is 2. The van der Waals surface area contributed by atoms with E-state index in [1.807, 2.05) is 0 Å². The van der Waals surface area contributed by atoms with E-state index in [1.54, 1.807) is 0 Å². The topological polar surface area (TPSA) is 158 Å². The van der Waals surface area contributed by atoms with Gasteiger partial charge < -0.3 is 26.8 Å². The van der Waals surface area contributed by atoms with E-state index in [9.17, 15) is 50.2 Å². The van der Waals surface area contributed by atoms with Gasteiger partial charge in [0.25, 0.3) is 0 Å². The van der Waals surface area contributed by atoms with Crippen molar-refractivity contribution in [2.45, 2.75) is 68.6 Å². The summed E-state index contributed by atoms with van der Waals surface area (Å²) in [4.78, 5) is 31.0. The molecule has 0 saturated heterocycles. The number of hydrogen-bond acceptors (Lipinski definition) is 6. The third kappa shape index (κ3) is 9.49. The Morgan fingerprint density at radius 1 is 0.862 bits per heavy atom. The Morgan fingerprint density at radius 3 is 1.52 bits per heavy atom. The van der Waals surface area contributed by atoms with E-state index in [1.165, 1.54) is 12.8 Å². The van der Waals surface area contributed by atoms with E-state index < -0.39 is 48.4 Å². The Kier molecular flexibility index (Phi) is 14.1. The van der Waals surface area contributed by atoms with Crippen LogP contribution in [0.15, 0.2) is 0 Å². The normalized spacial score (nSPS) is 19.6. The smallest absolute Gasteiger partial charge is 0.460 e. The molecule has 0 bridgehead atoms. The van der Waals surface area contributed by atoms with E-state index in [4.69, 9.17) is 11.5 Å². The molecule has 7 nitrogen and oxygen atoms in total. The van der Waals surface area contributed by atoms with E-state index in [0.29, 0.717) is 0 Å². The van der Waals surface area contributed by atoms with Gasteiger partial charge in [0.1, 0.15) is 5.78 Å². The van der Waals surface area contributed by atoms with Gasteiger partial charge >= 0.3 is 18.0 Å². The summed E-state index contributed by atoms with van der Waals surface area (Å²) in [5.41, 5.74) is 11.3. The summed E-state index contributed by atoms with van der Waals surface area (Å²) in [6, 6.07) is 0.562. The Bertz CT molecular complexity index is 551. The summed E-state index contributed by atoms with van der Waals surface area (Å²) in [7, 11) is 0. The van der Waals surface area contributed by atoms with Crippen LogP contribution in [0.5, 0.6) is 0 Å². The van der Waals surface area contributed by atoms with Crippen molar-refractivity contribution in [3.05, 3.63) is 0 Å². The van der Waals surface area contributed by atoms with Gasteiger partial charge in [-0.25, -0.2) is 0 Å². The van der Waals surface area contributed by atoms with E-state index in [0.717, 1.165) is 12.8 Å². The minimum atomic E-state index is -6.70. The Labute approximate surface area is 174 Å². The molecule has 6 N–H and O–H groups in total. The summed E-state index contributed by atoms with van der Waals surface area (Å²) >= 11 is 0. The van der Waals surface area contributed by atoms with Gasteiger partial charge in [0, 0.05) is 45.5 Å².